The maximum absolute atomic E-state index is 12.6. The predicted octanol–water partition coefficient (Wildman–Crippen LogP) is 3.07. The van der Waals surface area contributed by atoms with Gasteiger partial charge in [0.15, 0.2) is 0 Å². The Labute approximate surface area is 197 Å². The molecule has 0 saturated carbocycles. The summed E-state index contributed by atoms with van der Waals surface area (Å²) in [5.41, 5.74) is 0.0763. The molecule has 0 heterocycles. The Hall–Kier alpha value is -3.88. The standard InChI is InChI=1S/C26H26O8/c1-26(32-18-16-30-22-8-4-2-5-9-22,33-19-17-31-23-10-6-3-7-11-23)34-25(29)21-14-12-20(13-15-21)24(27)28/h2-15H,16-19H2,1H3,(H,27,28)/p-1. The molecule has 0 N–H and O–H groups in total. The van der Waals surface area contributed by atoms with Gasteiger partial charge in [0.2, 0.25) is 0 Å². The molecule has 0 aliphatic carbocycles. The van der Waals surface area contributed by atoms with Crippen LogP contribution in [0.4, 0.5) is 0 Å². The summed E-state index contributed by atoms with van der Waals surface area (Å²) in [4.78, 5) is 23.6. The molecule has 0 bridgehead atoms. The molecule has 0 spiro atoms. The molecule has 3 aromatic carbocycles. The Kier molecular flexibility index (Phi) is 9.02. The number of esters is 1. The van der Waals surface area contributed by atoms with Crippen LogP contribution in [0.25, 0.3) is 0 Å². The minimum absolute atomic E-state index is 0.0528. The van der Waals surface area contributed by atoms with Gasteiger partial charge in [-0.2, -0.15) is 0 Å². The highest BCUT2D eigenvalue weighted by molar-refractivity contribution is 5.92. The Morgan fingerprint density at radius 1 is 0.676 bits per heavy atom. The molecule has 0 amide bonds. The van der Waals surface area contributed by atoms with Crippen molar-refractivity contribution in [2.45, 2.75) is 12.9 Å². The van der Waals surface area contributed by atoms with Gasteiger partial charge in [0.1, 0.15) is 24.7 Å². The molecule has 0 aliphatic heterocycles. The smallest absolute Gasteiger partial charge is 0.342 e. The molecular weight excluding hydrogens is 440 g/mol. The minimum atomic E-state index is -1.73. The van der Waals surface area contributed by atoms with Gasteiger partial charge in [-0.15, -0.1) is 0 Å². The molecule has 0 aliphatic rings. The molecule has 3 aromatic rings. The summed E-state index contributed by atoms with van der Waals surface area (Å²) in [6.45, 7) is 2.00. The fraction of sp³-hybridized carbons (Fsp3) is 0.231. The van der Waals surface area contributed by atoms with Gasteiger partial charge in [-0.05, 0) is 42.0 Å². The van der Waals surface area contributed by atoms with E-state index in [1.54, 1.807) is 0 Å². The van der Waals surface area contributed by atoms with Crippen molar-refractivity contribution in [2.24, 2.45) is 0 Å². The number of aromatic carboxylic acids is 1. The van der Waals surface area contributed by atoms with Crippen LogP contribution in [0.3, 0.4) is 0 Å². The quantitative estimate of drug-likeness (QED) is 0.216. The first-order chi connectivity index (χ1) is 16.5. The molecular formula is C26H25O8-. The fourth-order valence-electron chi connectivity index (χ4n) is 2.88. The Bertz CT molecular complexity index is 988. The third-order valence-corrected chi connectivity index (χ3v) is 4.55. The van der Waals surface area contributed by atoms with E-state index in [2.05, 4.69) is 0 Å². The van der Waals surface area contributed by atoms with Crippen LogP contribution >= 0.6 is 0 Å². The molecule has 178 valence electrons. The maximum atomic E-state index is 12.6. The van der Waals surface area contributed by atoms with Crippen LogP contribution in [0, 0.1) is 0 Å². The van der Waals surface area contributed by atoms with Crippen molar-refractivity contribution in [3.63, 3.8) is 0 Å². The van der Waals surface area contributed by atoms with E-state index >= 15 is 0 Å². The van der Waals surface area contributed by atoms with Crippen LogP contribution < -0.4 is 14.6 Å². The van der Waals surface area contributed by atoms with Crippen molar-refractivity contribution in [1.82, 2.24) is 0 Å². The van der Waals surface area contributed by atoms with Gasteiger partial charge in [-0.3, -0.25) is 0 Å². The number of carbonyl (C=O) groups is 2. The monoisotopic (exact) mass is 465 g/mol. The van der Waals surface area contributed by atoms with E-state index in [4.69, 9.17) is 23.7 Å². The predicted molar refractivity (Wildman–Crippen MR) is 120 cm³/mol. The van der Waals surface area contributed by atoms with Crippen LogP contribution in [0.2, 0.25) is 0 Å². The van der Waals surface area contributed by atoms with Crippen molar-refractivity contribution >= 4 is 11.9 Å². The third kappa shape index (κ3) is 7.91. The zero-order valence-electron chi connectivity index (χ0n) is 18.7. The summed E-state index contributed by atoms with van der Waals surface area (Å²) in [6.07, 6.45) is 0. The number of hydrogen-bond donors (Lipinski definition) is 0. The first-order valence-corrected chi connectivity index (χ1v) is 10.6. The van der Waals surface area contributed by atoms with E-state index in [0.29, 0.717) is 11.5 Å². The van der Waals surface area contributed by atoms with E-state index in [-0.39, 0.29) is 37.6 Å². The normalized spacial score (nSPS) is 11.0. The molecule has 0 radical (unpaired) electrons. The van der Waals surface area contributed by atoms with Crippen LogP contribution in [0.15, 0.2) is 84.9 Å². The number of hydrogen-bond acceptors (Lipinski definition) is 8. The van der Waals surface area contributed by atoms with Gasteiger partial charge in [-0.1, -0.05) is 48.5 Å². The zero-order valence-corrected chi connectivity index (χ0v) is 18.7. The molecule has 34 heavy (non-hydrogen) atoms. The summed E-state index contributed by atoms with van der Waals surface area (Å²) in [6, 6.07) is 23.6. The number of rotatable bonds is 13. The molecule has 0 aromatic heterocycles. The topological polar surface area (TPSA) is 103 Å². The lowest BCUT2D eigenvalue weighted by molar-refractivity contribution is -0.346. The summed E-state index contributed by atoms with van der Waals surface area (Å²) >= 11 is 0. The van der Waals surface area contributed by atoms with Crippen LogP contribution in [0.1, 0.15) is 27.6 Å². The summed E-state index contributed by atoms with van der Waals surface area (Å²) in [5.74, 6) is -2.47. The highest BCUT2D eigenvalue weighted by Gasteiger charge is 2.32. The maximum Gasteiger partial charge on any atom is 0.342 e. The second-order valence-corrected chi connectivity index (χ2v) is 7.14. The molecule has 0 unspecified atom stereocenters. The minimum Gasteiger partial charge on any atom is -0.545 e. The second-order valence-electron chi connectivity index (χ2n) is 7.14. The highest BCUT2D eigenvalue weighted by Crippen LogP contribution is 2.19. The molecule has 0 fully saturated rings. The number of carbonyl (C=O) groups excluding carboxylic acids is 2. The van der Waals surface area contributed by atoms with Crippen molar-refractivity contribution < 1.29 is 38.4 Å². The highest BCUT2D eigenvalue weighted by atomic mass is 16.9. The first-order valence-electron chi connectivity index (χ1n) is 10.6. The van der Waals surface area contributed by atoms with Crippen LogP contribution in [-0.4, -0.2) is 44.3 Å². The Balaban J connectivity index is 1.57. The van der Waals surface area contributed by atoms with Crippen LogP contribution in [0.5, 0.6) is 11.5 Å². The Morgan fingerprint density at radius 2 is 1.12 bits per heavy atom. The SMILES string of the molecule is CC(OCCOc1ccccc1)(OCCOc1ccccc1)OC(=O)c1ccc(C(=O)[O-])cc1. The summed E-state index contributed by atoms with van der Waals surface area (Å²) in [7, 11) is 0. The van der Waals surface area contributed by atoms with E-state index in [1.165, 1.54) is 31.2 Å². The van der Waals surface area contributed by atoms with E-state index < -0.39 is 17.9 Å². The number of carboxylic acid groups (broad SMARTS) is 1. The fourth-order valence-corrected chi connectivity index (χ4v) is 2.88. The van der Waals surface area contributed by atoms with E-state index in [0.717, 1.165) is 0 Å². The van der Waals surface area contributed by atoms with Gasteiger partial charge in [-0.25, -0.2) is 4.79 Å². The van der Waals surface area contributed by atoms with Crippen LogP contribution in [-0.2, 0) is 14.2 Å². The van der Waals surface area contributed by atoms with Crippen molar-refractivity contribution in [3.05, 3.63) is 96.1 Å². The average molecular weight is 465 g/mol. The Morgan fingerprint density at radius 3 is 1.56 bits per heavy atom. The van der Waals surface area contributed by atoms with Gasteiger partial charge < -0.3 is 33.6 Å². The molecule has 0 atom stereocenters. The molecule has 3 rings (SSSR count). The zero-order chi connectivity index (χ0) is 24.2. The first kappa shape index (κ1) is 24.8. The van der Waals surface area contributed by atoms with Crippen molar-refractivity contribution in [2.75, 3.05) is 26.4 Å². The largest absolute Gasteiger partial charge is 0.545 e. The lowest BCUT2D eigenvalue weighted by Crippen LogP contribution is -2.40. The molecule has 0 saturated heterocycles. The van der Waals surface area contributed by atoms with E-state index in [1.807, 2.05) is 60.7 Å². The van der Waals surface area contributed by atoms with Crippen molar-refractivity contribution in [3.8, 4) is 11.5 Å². The number of benzene rings is 3. The van der Waals surface area contributed by atoms with Gasteiger partial charge in [0.25, 0.3) is 0 Å². The third-order valence-electron chi connectivity index (χ3n) is 4.55. The average Bonchev–Trinajstić information content (AvgIpc) is 2.86. The molecule has 8 heteroatoms. The van der Waals surface area contributed by atoms with Gasteiger partial charge >= 0.3 is 11.9 Å². The van der Waals surface area contributed by atoms with Gasteiger partial charge in [0, 0.05) is 6.92 Å². The molecule has 8 nitrogen and oxygen atoms in total. The number of ether oxygens (including phenoxy) is 5. The summed E-state index contributed by atoms with van der Waals surface area (Å²) in [5, 5.41) is 10.9. The summed E-state index contributed by atoms with van der Waals surface area (Å²) < 4.78 is 28.1. The lowest BCUT2D eigenvalue weighted by atomic mass is 10.1. The number of para-hydroxylation sites is 2. The second kappa shape index (κ2) is 12.4. The van der Waals surface area contributed by atoms with Crippen molar-refractivity contribution in [1.29, 1.82) is 0 Å². The lowest BCUT2D eigenvalue weighted by Gasteiger charge is -2.29. The van der Waals surface area contributed by atoms with Gasteiger partial charge in [0.05, 0.1) is 24.7 Å². The number of carboxylic acids is 1. The van der Waals surface area contributed by atoms with E-state index in [9.17, 15) is 14.7 Å².